The Morgan fingerprint density at radius 1 is 1.31 bits per heavy atom. The van der Waals surface area contributed by atoms with Crippen LogP contribution in [-0.2, 0) is 13.1 Å². The molecule has 0 atom stereocenters. The van der Waals surface area contributed by atoms with Crippen LogP contribution in [0.3, 0.4) is 0 Å². The minimum absolute atomic E-state index is 0.00991. The molecule has 0 aliphatic heterocycles. The molecular weight excluding hydrogens is 240 g/mol. The van der Waals surface area contributed by atoms with E-state index in [0.29, 0.717) is 11.3 Å². The molecule has 0 fully saturated rings. The van der Waals surface area contributed by atoms with Crippen molar-refractivity contribution in [2.45, 2.75) is 20.0 Å². The number of aryl methyl sites for hydroxylation is 1. The van der Waals surface area contributed by atoms with Crippen LogP contribution in [0.5, 0.6) is 0 Å². The van der Waals surface area contributed by atoms with E-state index in [4.69, 9.17) is 12.2 Å². The van der Waals surface area contributed by atoms with Gasteiger partial charge in [-0.2, -0.15) is 0 Å². The molecule has 0 aliphatic carbocycles. The van der Waals surface area contributed by atoms with E-state index in [9.17, 15) is 4.79 Å². The molecule has 2 rings (SSSR count). The molecule has 0 aliphatic rings. The van der Waals surface area contributed by atoms with Crippen molar-refractivity contribution >= 4 is 23.8 Å². The summed E-state index contributed by atoms with van der Waals surface area (Å²) in [5.41, 5.74) is 1.09. The first-order chi connectivity index (χ1) is 7.72. The second kappa shape index (κ2) is 4.76. The van der Waals surface area contributed by atoms with Crippen LogP contribution in [0.2, 0.25) is 0 Å². The summed E-state index contributed by atoms with van der Waals surface area (Å²) < 4.78 is 4.08. The number of rotatable bonds is 3. The third-order valence-corrected chi connectivity index (χ3v) is 3.91. The SMILES string of the molecule is CCn1sc(=O)n(Cc2ccccc2)c1=S. The smallest absolute Gasteiger partial charge is 0.270 e. The van der Waals surface area contributed by atoms with Crippen LogP contribution >= 0.6 is 23.8 Å². The van der Waals surface area contributed by atoms with Crippen molar-refractivity contribution in [3.8, 4) is 0 Å². The largest absolute Gasteiger partial charge is 0.325 e. The highest BCUT2D eigenvalue weighted by atomic mass is 32.1. The highest BCUT2D eigenvalue weighted by Gasteiger charge is 2.05. The maximum Gasteiger partial charge on any atom is 0.325 e. The van der Waals surface area contributed by atoms with Gasteiger partial charge in [0.1, 0.15) is 0 Å². The van der Waals surface area contributed by atoms with Crippen molar-refractivity contribution in [2.75, 3.05) is 0 Å². The van der Waals surface area contributed by atoms with E-state index in [2.05, 4.69) is 0 Å². The topological polar surface area (TPSA) is 26.9 Å². The summed E-state index contributed by atoms with van der Waals surface area (Å²) in [6.45, 7) is 3.29. The van der Waals surface area contributed by atoms with Crippen molar-refractivity contribution in [1.29, 1.82) is 0 Å². The Morgan fingerprint density at radius 2 is 2.00 bits per heavy atom. The standard InChI is InChI=1S/C11H12N2OS2/c1-2-13-10(15)12(11(14)16-13)8-9-6-4-3-5-7-9/h3-7H,2,8H2,1H3. The van der Waals surface area contributed by atoms with Gasteiger partial charge in [0.05, 0.1) is 6.54 Å². The minimum Gasteiger partial charge on any atom is -0.270 e. The molecule has 0 N–H and O–H groups in total. The number of hydrogen-bond acceptors (Lipinski definition) is 3. The van der Waals surface area contributed by atoms with Crippen LogP contribution in [0, 0.1) is 4.77 Å². The summed E-state index contributed by atoms with van der Waals surface area (Å²) in [5, 5.41) is 0. The maximum absolute atomic E-state index is 11.7. The molecule has 0 amide bonds. The number of hydrogen-bond donors (Lipinski definition) is 0. The van der Waals surface area contributed by atoms with Crippen molar-refractivity contribution in [2.24, 2.45) is 0 Å². The molecule has 0 bridgehead atoms. The predicted molar refractivity (Wildman–Crippen MR) is 68.6 cm³/mol. The highest BCUT2D eigenvalue weighted by molar-refractivity contribution is 7.71. The molecular formula is C11H12N2OS2. The zero-order valence-corrected chi connectivity index (χ0v) is 10.6. The lowest BCUT2D eigenvalue weighted by Crippen LogP contribution is -2.13. The fraction of sp³-hybridized carbons (Fsp3) is 0.273. The van der Waals surface area contributed by atoms with Crippen molar-refractivity contribution < 1.29 is 0 Å². The summed E-state index contributed by atoms with van der Waals surface area (Å²) >= 11 is 6.43. The van der Waals surface area contributed by atoms with Gasteiger partial charge < -0.3 is 0 Å². The zero-order valence-electron chi connectivity index (χ0n) is 8.92. The second-order valence-electron chi connectivity index (χ2n) is 3.41. The van der Waals surface area contributed by atoms with Crippen molar-refractivity contribution in [1.82, 2.24) is 8.52 Å². The molecule has 5 heteroatoms. The van der Waals surface area contributed by atoms with E-state index in [1.165, 1.54) is 11.5 Å². The van der Waals surface area contributed by atoms with Gasteiger partial charge in [0.25, 0.3) is 0 Å². The average Bonchev–Trinajstić information content (AvgIpc) is 2.58. The highest BCUT2D eigenvalue weighted by Crippen LogP contribution is 2.04. The molecule has 0 radical (unpaired) electrons. The lowest BCUT2D eigenvalue weighted by Gasteiger charge is -2.01. The van der Waals surface area contributed by atoms with Crippen LogP contribution in [-0.4, -0.2) is 8.52 Å². The first-order valence-electron chi connectivity index (χ1n) is 5.07. The van der Waals surface area contributed by atoms with Crippen LogP contribution in [0.15, 0.2) is 35.1 Å². The van der Waals surface area contributed by atoms with Gasteiger partial charge in [0.2, 0.25) is 0 Å². The van der Waals surface area contributed by atoms with Gasteiger partial charge in [-0.1, -0.05) is 30.3 Å². The Hall–Kier alpha value is -1.20. The van der Waals surface area contributed by atoms with Crippen LogP contribution in [0.4, 0.5) is 0 Å². The summed E-state index contributed by atoms with van der Waals surface area (Å²) in [6, 6.07) is 9.87. The van der Waals surface area contributed by atoms with E-state index in [0.717, 1.165) is 12.1 Å². The second-order valence-corrected chi connectivity index (χ2v) is 4.74. The Kier molecular flexibility index (Phi) is 3.36. The first-order valence-corrected chi connectivity index (χ1v) is 6.25. The van der Waals surface area contributed by atoms with E-state index >= 15 is 0 Å². The normalized spacial score (nSPS) is 10.6. The van der Waals surface area contributed by atoms with E-state index < -0.39 is 0 Å². The molecule has 1 aromatic carbocycles. The van der Waals surface area contributed by atoms with Gasteiger partial charge in [-0.25, -0.2) is 0 Å². The third kappa shape index (κ3) is 2.15. The third-order valence-electron chi connectivity index (χ3n) is 2.32. The van der Waals surface area contributed by atoms with Crippen LogP contribution in [0.25, 0.3) is 0 Å². The summed E-state index contributed by atoms with van der Waals surface area (Å²) in [7, 11) is 0. The van der Waals surface area contributed by atoms with Gasteiger partial charge in [-0.15, -0.1) is 0 Å². The van der Waals surface area contributed by atoms with Gasteiger partial charge >= 0.3 is 4.87 Å². The Balaban J connectivity index is 2.40. The van der Waals surface area contributed by atoms with Gasteiger partial charge in [0.15, 0.2) is 4.77 Å². The molecule has 1 heterocycles. The van der Waals surface area contributed by atoms with Crippen LogP contribution < -0.4 is 4.87 Å². The molecule has 3 nitrogen and oxygen atoms in total. The van der Waals surface area contributed by atoms with E-state index in [-0.39, 0.29) is 4.87 Å². The van der Waals surface area contributed by atoms with Crippen LogP contribution in [0.1, 0.15) is 12.5 Å². The average molecular weight is 252 g/mol. The summed E-state index contributed by atoms with van der Waals surface area (Å²) in [6.07, 6.45) is 0. The van der Waals surface area contributed by atoms with E-state index in [1.54, 1.807) is 4.57 Å². The molecule has 84 valence electrons. The van der Waals surface area contributed by atoms with E-state index in [1.807, 2.05) is 41.2 Å². The number of aromatic nitrogens is 2. The lowest BCUT2D eigenvalue weighted by molar-refractivity contribution is 0.702. The van der Waals surface area contributed by atoms with Crippen molar-refractivity contribution in [3.05, 3.63) is 50.3 Å². The Morgan fingerprint density at radius 3 is 2.56 bits per heavy atom. The summed E-state index contributed by atoms with van der Waals surface area (Å²) in [4.78, 5) is 11.7. The van der Waals surface area contributed by atoms with Gasteiger partial charge in [-0.3, -0.25) is 13.3 Å². The maximum atomic E-state index is 11.7. The molecule has 1 aromatic heterocycles. The molecule has 0 saturated heterocycles. The molecule has 16 heavy (non-hydrogen) atoms. The quantitative estimate of drug-likeness (QED) is 0.785. The molecule has 0 saturated carbocycles. The molecule has 2 aromatic rings. The van der Waals surface area contributed by atoms with Gasteiger partial charge in [0, 0.05) is 18.1 Å². The minimum atomic E-state index is 0.00991. The predicted octanol–water partition coefficient (Wildman–Crippen LogP) is 2.51. The monoisotopic (exact) mass is 252 g/mol. The number of nitrogens with zero attached hydrogens (tertiary/aromatic N) is 2. The Labute approximate surface area is 103 Å². The fourth-order valence-corrected chi connectivity index (χ4v) is 2.68. The van der Waals surface area contributed by atoms with Gasteiger partial charge in [-0.05, 0) is 24.7 Å². The summed E-state index contributed by atoms with van der Waals surface area (Å²) in [5.74, 6) is 0. The number of benzene rings is 1. The molecule has 0 spiro atoms. The lowest BCUT2D eigenvalue weighted by atomic mass is 10.2. The van der Waals surface area contributed by atoms with Crippen molar-refractivity contribution in [3.63, 3.8) is 0 Å². The zero-order chi connectivity index (χ0) is 11.5. The fourth-order valence-electron chi connectivity index (χ4n) is 1.49. The molecule has 0 unspecified atom stereocenters. The first kappa shape index (κ1) is 11.3. The Bertz CT molecular complexity index is 580.